The van der Waals surface area contributed by atoms with Crippen LogP contribution in [0.1, 0.15) is 30.7 Å². The van der Waals surface area contributed by atoms with Crippen LogP contribution >= 0.6 is 0 Å². The molecule has 0 radical (unpaired) electrons. The maximum Gasteiger partial charge on any atom is 0.229 e. The van der Waals surface area contributed by atoms with Crippen molar-refractivity contribution in [2.75, 3.05) is 23.9 Å². The largest absolute Gasteiger partial charge is 0.315 e. The van der Waals surface area contributed by atoms with Crippen LogP contribution in [-0.2, 0) is 9.59 Å². The van der Waals surface area contributed by atoms with Crippen molar-refractivity contribution in [2.45, 2.75) is 25.2 Å². The summed E-state index contributed by atoms with van der Waals surface area (Å²) in [5.74, 6) is -0.0778. The van der Waals surface area contributed by atoms with Crippen molar-refractivity contribution in [3.05, 3.63) is 170 Å². The molecule has 0 aliphatic heterocycles. The lowest BCUT2D eigenvalue weighted by molar-refractivity contribution is -0.127. The van der Waals surface area contributed by atoms with Crippen LogP contribution in [0, 0.1) is 11.8 Å². The van der Waals surface area contributed by atoms with Crippen LogP contribution in [0.25, 0.3) is 45.0 Å². The molecule has 0 saturated heterocycles. The molecule has 0 bridgehead atoms. The molecule has 0 N–H and O–H groups in total. The predicted molar refractivity (Wildman–Crippen MR) is 223 cm³/mol. The van der Waals surface area contributed by atoms with Gasteiger partial charge in [0.25, 0.3) is 0 Å². The first kappa shape index (κ1) is 36.2. The van der Waals surface area contributed by atoms with Crippen LogP contribution in [0.3, 0.4) is 0 Å². The molecule has 276 valence electrons. The molecule has 56 heavy (non-hydrogen) atoms. The Hall–Kier alpha value is -6.80. The molecule has 8 rings (SSSR count). The SMILES string of the molecule is CN(C(=O)C1CC(C(=O)N(C)c2ccc(-c3ccccn3)cc2)CC(c2ccccc2-c2ccc(-c3ncccn3)cc2)C1)c1ccc(-c2ccccn2)cc1. The first-order valence-corrected chi connectivity index (χ1v) is 19.0. The molecule has 3 heterocycles. The molecule has 3 aromatic heterocycles. The van der Waals surface area contributed by atoms with Gasteiger partial charge in [0.2, 0.25) is 11.8 Å². The standard InChI is InChI=1S/C48H42N6O2/c1-53(40-22-18-34(19-23-40)44-12-5-7-26-49-44)47(55)38-30-37(43-11-4-3-10-42(43)33-14-16-36(17-15-33)46-51-28-9-29-52-46)31-39(32-38)48(56)54(2)41-24-20-35(21-25-41)45-13-6-8-27-50-45/h3-29,37-39H,30-32H2,1-2H3. The van der Waals surface area contributed by atoms with Gasteiger partial charge in [-0.3, -0.25) is 19.6 Å². The molecule has 4 aromatic carbocycles. The minimum Gasteiger partial charge on any atom is -0.315 e. The van der Waals surface area contributed by atoms with Gasteiger partial charge in [-0.05, 0) is 96.5 Å². The number of aromatic nitrogens is 4. The van der Waals surface area contributed by atoms with Gasteiger partial charge in [-0.25, -0.2) is 9.97 Å². The Balaban J connectivity index is 1.09. The monoisotopic (exact) mass is 734 g/mol. The van der Waals surface area contributed by atoms with Crippen molar-refractivity contribution in [1.82, 2.24) is 19.9 Å². The molecule has 2 amide bonds. The maximum absolute atomic E-state index is 14.5. The molecule has 2 atom stereocenters. The number of amides is 2. The number of pyridine rings is 2. The Bertz CT molecular complexity index is 2300. The second-order valence-corrected chi connectivity index (χ2v) is 14.4. The molecule has 1 aliphatic rings. The highest BCUT2D eigenvalue weighted by molar-refractivity contribution is 5.98. The van der Waals surface area contributed by atoms with Gasteiger partial charge in [0.05, 0.1) is 11.4 Å². The Kier molecular flexibility index (Phi) is 10.5. The van der Waals surface area contributed by atoms with Crippen molar-refractivity contribution in [2.24, 2.45) is 11.8 Å². The van der Waals surface area contributed by atoms with Crippen LogP contribution in [0.4, 0.5) is 11.4 Å². The quantitative estimate of drug-likeness (QED) is 0.147. The summed E-state index contributed by atoms with van der Waals surface area (Å²) in [6.07, 6.45) is 8.77. The number of carbonyl (C=O) groups excluding carboxylic acids is 2. The van der Waals surface area contributed by atoms with E-state index in [0.717, 1.165) is 56.1 Å². The van der Waals surface area contributed by atoms with Crippen LogP contribution < -0.4 is 9.80 Å². The third-order valence-corrected chi connectivity index (χ3v) is 10.9. The van der Waals surface area contributed by atoms with Crippen molar-refractivity contribution < 1.29 is 9.59 Å². The van der Waals surface area contributed by atoms with E-state index in [2.05, 4.69) is 50.3 Å². The number of hydrogen-bond acceptors (Lipinski definition) is 6. The van der Waals surface area contributed by atoms with Gasteiger partial charge in [-0.1, -0.05) is 84.9 Å². The molecule has 1 aliphatic carbocycles. The van der Waals surface area contributed by atoms with Crippen molar-refractivity contribution in [3.63, 3.8) is 0 Å². The number of rotatable bonds is 9. The zero-order chi connectivity index (χ0) is 38.4. The number of anilines is 2. The average Bonchev–Trinajstić information content (AvgIpc) is 3.29. The van der Waals surface area contributed by atoms with Gasteiger partial charge >= 0.3 is 0 Å². The van der Waals surface area contributed by atoms with Gasteiger partial charge in [0.15, 0.2) is 5.82 Å². The second kappa shape index (κ2) is 16.3. The fraction of sp³-hybridized carbons (Fsp3) is 0.167. The van der Waals surface area contributed by atoms with Gasteiger partial charge in [0.1, 0.15) is 0 Å². The molecular weight excluding hydrogens is 693 g/mol. The maximum atomic E-state index is 14.5. The highest BCUT2D eigenvalue weighted by Gasteiger charge is 2.40. The fourth-order valence-electron chi connectivity index (χ4n) is 7.92. The Morgan fingerprint density at radius 2 is 0.911 bits per heavy atom. The van der Waals surface area contributed by atoms with E-state index in [0.29, 0.717) is 25.1 Å². The van der Waals surface area contributed by atoms with Crippen molar-refractivity contribution >= 4 is 23.2 Å². The van der Waals surface area contributed by atoms with Crippen LogP contribution in [0.15, 0.2) is 164 Å². The molecule has 0 spiro atoms. The molecule has 1 fully saturated rings. The summed E-state index contributed by atoms with van der Waals surface area (Å²) in [6.45, 7) is 0. The molecule has 7 aromatic rings. The van der Waals surface area contributed by atoms with E-state index >= 15 is 0 Å². The van der Waals surface area contributed by atoms with E-state index < -0.39 is 0 Å². The normalized spacial score (nSPS) is 16.5. The Labute approximate surface area is 327 Å². The van der Waals surface area contributed by atoms with Gasteiger partial charge < -0.3 is 9.80 Å². The van der Waals surface area contributed by atoms with Crippen molar-refractivity contribution in [3.8, 4) is 45.0 Å². The summed E-state index contributed by atoms with van der Waals surface area (Å²) < 4.78 is 0. The first-order valence-electron chi connectivity index (χ1n) is 19.0. The summed E-state index contributed by atoms with van der Waals surface area (Å²) in [5, 5.41) is 0. The van der Waals surface area contributed by atoms with Crippen molar-refractivity contribution in [1.29, 1.82) is 0 Å². The summed E-state index contributed by atoms with van der Waals surface area (Å²) in [4.78, 5) is 50.3. The van der Waals surface area contributed by atoms with E-state index in [-0.39, 0.29) is 29.6 Å². The zero-order valence-electron chi connectivity index (χ0n) is 31.4. The van der Waals surface area contributed by atoms with Gasteiger partial charge in [0, 0.05) is 78.8 Å². The lowest BCUT2D eigenvalue weighted by Crippen LogP contribution is -2.42. The number of hydrogen-bond donors (Lipinski definition) is 0. The van der Waals surface area contributed by atoms with E-state index in [1.807, 2.05) is 123 Å². The fourth-order valence-corrected chi connectivity index (χ4v) is 7.92. The third-order valence-electron chi connectivity index (χ3n) is 10.9. The van der Waals surface area contributed by atoms with Crippen LogP contribution in [0.2, 0.25) is 0 Å². The number of nitrogens with zero attached hydrogens (tertiary/aromatic N) is 6. The second-order valence-electron chi connectivity index (χ2n) is 14.4. The molecule has 1 saturated carbocycles. The molecule has 2 unspecified atom stereocenters. The average molecular weight is 735 g/mol. The molecule has 8 nitrogen and oxygen atoms in total. The van der Waals surface area contributed by atoms with E-state index in [1.54, 1.807) is 34.6 Å². The molecular formula is C48H42N6O2. The van der Waals surface area contributed by atoms with E-state index in [9.17, 15) is 9.59 Å². The van der Waals surface area contributed by atoms with Crippen LogP contribution in [-0.4, -0.2) is 45.8 Å². The minimum atomic E-state index is -0.367. The summed E-state index contributed by atoms with van der Waals surface area (Å²) in [6, 6.07) is 46.0. The number of carbonyl (C=O) groups is 2. The predicted octanol–water partition coefficient (Wildman–Crippen LogP) is 9.76. The molecule has 8 heteroatoms. The third kappa shape index (κ3) is 7.72. The zero-order valence-corrected chi connectivity index (χ0v) is 31.4. The Morgan fingerprint density at radius 3 is 1.41 bits per heavy atom. The first-order chi connectivity index (χ1) is 27.4. The van der Waals surface area contributed by atoms with E-state index in [1.165, 1.54) is 0 Å². The lowest BCUT2D eigenvalue weighted by atomic mass is 9.70. The van der Waals surface area contributed by atoms with Gasteiger partial charge in [-0.2, -0.15) is 0 Å². The number of benzene rings is 4. The topological polar surface area (TPSA) is 92.2 Å². The minimum absolute atomic E-state index is 0.00477. The van der Waals surface area contributed by atoms with Crippen LogP contribution in [0.5, 0.6) is 0 Å². The highest BCUT2D eigenvalue weighted by atomic mass is 16.2. The van der Waals surface area contributed by atoms with E-state index in [4.69, 9.17) is 0 Å². The summed E-state index contributed by atoms with van der Waals surface area (Å²) >= 11 is 0. The smallest absolute Gasteiger partial charge is 0.229 e. The highest BCUT2D eigenvalue weighted by Crippen LogP contribution is 2.44. The summed E-state index contributed by atoms with van der Waals surface area (Å²) in [5.41, 5.74) is 9.54. The summed E-state index contributed by atoms with van der Waals surface area (Å²) in [7, 11) is 3.67. The lowest BCUT2D eigenvalue weighted by Gasteiger charge is -2.37. The van der Waals surface area contributed by atoms with Gasteiger partial charge in [-0.15, -0.1) is 0 Å². The Morgan fingerprint density at radius 1 is 0.464 bits per heavy atom.